The van der Waals surface area contributed by atoms with Crippen molar-refractivity contribution in [3.63, 3.8) is 0 Å². The van der Waals surface area contributed by atoms with Crippen molar-refractivity contribution in [2.24, 2.45) is 0 Å². The summed E-state index contributed by atoms with van der Waals surface area (Å²) in [6, 6.07) is 9.69. The maximum atomic E-state index is 12.7. The Labute approximate surface area is 170 Å². The summed E-state index contributed by atoms with van der Waals surface area (Å²) < 4.78 is 32.1. The first kappa shape index (κ1) is 20.7. The molecule has 1 fully saturated rings. The van der Waals surface area contributed by atoms with Gasteiger partial charge in [-0.3, -0.25) is 0 Å². The maximum Gasteiger partial charge on any atom is 0.317 e. The van der Waals surface area contributed by atoms with Crippen LogP contribution >= 0.6 is 11.6 Å². The van der Waals surface area contributed by atoms with E-state index in [0.717, 1.165) is 18.6 Å². The van der Waals surface area contributed by atoms with Crippen molar-refractivity contribution in [2.75, 3.05) is 26.2 Å². The van der Waals surface area contributed by atoms with Gasteiger partial charge in [0.15, 0.2) is 0 Å². The number of urea groups is 1. The molecule has 0 aliphatic carbocycles. The van der Waals surface area contributed by atoms with E-state index < -0.39 is 10.0 Å². The number of sulfonamides is 1. The SMILES string of the molecule is CC(CCc1ccco1)NC(=O)N1CCN(S(=O)(=O)c2ccc(Cl)cc2)CC1. The fourth-order valence-corrected chi connectivity index (χ4v) is 4.62. The fourth-order valence-electron chi connectivity index (χ4n) is 3.08. The highest BCUT2D eigenvalue weighted by molar-refractivity contribution is 7.89. The molecule has 1 aromatic carbocycles. The van der Waals surface area contributed by atoms with Crippen LogP contribution in [0.1, 0.15) is 19.1 Å². The van der Waals surface area contributed by atoms with Crippen LogP contribution in [0.3, 0.4) is 0 Å². The van der Waals surface area contributed by atoms with E-state index in [9.17, 15) is 13.2 Å². The van der Waals surface area contributed by atoms with Crippen molar-refractivity contribution < 1.29 is 17.6 Å². The largest absolute Gasteiger partial charge is 0.469 e. The predicted molar refractivity (Wildman–Crippen MR) is 107 cm³/mol. The van der Waals surface area contributed by atoms with Crippen LogP contribution in [0.25, 0.3) is 0 Å². The number of carbonyl (C=O) groups excluding carboxylic acids is 1. The second-order valence-electron chi connectivity index (χ2n) is 6.81. The Morgan fingerprint density at radius 2 is 1.86 bits per heavy atom. The van der Waals surface area contributed by atoms with Gasteiger partial charge in [0.1, 0.15) is 5.76 Å². The van der Waals surface area contributed by atoms with Gasteiger partial charge in [-0.1, -0.05) is 11.6 Å². The zero-order valence-electron chi connectivity index (χ0n) is 15.7. The van der Waals surface area contributed by atoms with E-state index in [0.29, 0.717) is 18.1 Å². The smallest absolute Gasteiger partial charge is 0.317 e. The molecular formula is C19H24ClN3O4S. The van der Waals surface area contributed by atoms with Crippen molar-refractivity contribution >= 4 is 27.7 Å². The summed E-state index contributed by atoms with van der Waals surface area (Å²) in [5, 5.41) is 3.45. The molecule has 7 nitrogen and oxygen atoms in total. The zero-order valence-corrected chi connectivity index (χ0v) is 17.2. The number of nitrogens with zero attached hydrogens (tertiary/aromatic N) is 2. The van der Waals surface area contributed by atoms with Crippen molar-refractivity contribution in [2.45, 2.75) is 30.7 Å². The second-order valence-corrected chi connectivity index (χ2v) is 9.19. The lowest BCUT2D eigenvalue weighted by Crippen LogP contribution is -2.54. The van der Waals surface area contributed by atoms with E-state index in [2.05, 4.69) is 5.32 Å². The summed E-state index contributed by atoms with van der Waals surface area (Å²) in [6.07, 6.45) is 3.15. The molecule has 1 unspecified atom stereocenters. The molecule has 2 aromatic rings. The van der Waals surface area contributed by atoms with Crippen molar-refractivity contribution in [3.8, 4) is 0 Å². The van der Waals surface area contributed by atoms with Crippen LogP contribution in [-0.2, 0) is 16.4 Å². The van der Waals surface area contributed by atoms with E-state index in [1.807, 2.05) is 19.1 Å². The minimum absolute atomic E-state index is 0.00608. The summed E-state index contributed by atoms with van der Waals surface area (Å²) in [5.41, 5.74) is 0. The number of rotatable bonds is 6. The van der Waals surface area contributed by atoms with Gasteiger partial charge in [0.05, 0.1) is 11.2 Å². The third-order valence-corrected chi connectivity index (χ3v) is 6.92. The first-order chi connectivity index (χ1) is 13.4. The van der Waals surface area contributed by atoms with Crippen LogP contribution in [0, 0.1) is 0 Å². The van der Waals surface area contributed by atoms with E-state index in [4.69, 9.17) is 16.0 Å². The lowest BCUT2D eigenvalue weighted by atomic mass is 10.1. The first-order valence-corrected chi connectivity index (χ1v) is 11.0. The molecule has 28 heavy (non-hydrogen) atoms. The number of halogens is 1. The summed E-state index contributed by atoms with van der Waals surface area (Å²) >= 11 is 5.83. The quantitative estimate of drug-likeness (QED) is 0.771. The number of hydrogen-bond acceptors (Lipinski definition) is 4. The molecule has 1 atom stereocenters. The zero-order chi connectivity index (χ0) is 20.1. The normalized spacial score (nSPS) is 16.7. The van der Waals surface area contributed by atoms with Crippen LogP contribution in [0.15, 0.2) is 52.0 Å². The molecule has 0 bridgehead atoms. The van der Waals surface area contributed by atoms with Crippen molar-refractivity contribution in [1.29, 1.82) is 0 Å². The summed E-state index contributed by atoms with van der Waals surface area (Å²) in [5.74, 6) is 0.891. The predicted octanol–water partition coefficient (Wildman–Crippen LogP) is 2.97. The Balaban J connectivity index is 1.48. The maximum absolute atomic E-state index is 12.7. The number of furan rings is 1. The van der Waals surface area contributed by atoms with Gasteiger partial charge in [-0.2, -0.15) is 4.31 Å². The standard InChI is InChI=1S/C19H24ClN3O4S/c1-15(4-7-17-3-2-14-27-17)21-19(24)22-10-12-23(13-11-22)28(25,26)18-8-5-16(20)6-9-18/h2-3,5-6,8-9,14-15H,4,7,10-13H2,1H3,(H,21,24). The van der Waals surface area contributed by atoms with Gasteiger partial charge in [0.25, 0.3) is 0 Å². The van der Waals surface area contributed by atoms with Gasteiger partial charge in [-0.05, 0) is 49.7 Å². The van der Waals surface area contributed by atoms with E-state index >= 15 is 0 Å². The van der Waals surface area contributed by atoms with Gasteiger partial charge in [0.2, 0.25) is 10.0 Å². The number of nitrogens with one attached hydrogen (secondary N) is 1. The Morgan fingerprint density at radius 1 is 1.18 bits per heavy atom. The molecule has 0 saturated carbocycles. The topological polar surface area (TPSA) is 82.9 Å². The van der Waals surface area contributed by atoms with Crippen LogP contribution in [-0.4, -0.2) is 55.9 Å². The average Bonchev–Trinajstić information content (AvgIpc) is 3.20. The van der Waals surface area contributed by atoms with Crippen LogP contribution in [0.2, 0.25) is 5.02 Å². The Morgan fingerprint density at radius 3 is 2.46 bits per heavy atom. The number of hydrogen-bond donors (Lipinski definition) is 1. The summed E-state index contributed by atoms with van der Waals surface area (Å²) in [4.78, 5) is 14.3. The van der Waals surface area contributed by atoms with E-state index in [1.54, 1.807) is 23.3 Å². The Kier molecular flexibility index (Phi) is 6.64. The number of piperazine rings is 1. The molecule has 1 saturated heterocycles. The third kappa shape index (κ3) is 5.06. The minimum atomic E-state index is -3.58. The molecule has 0 radical (unpaired) electrons. The third-order valence-electron chi connectivity index (χ3n) is 4.75. The van der Waals surface area contributed by atoms with Gasteiger partial charge >= 0.3 is 6.03 Å². The number of carbonyl (C=O) groups is 1. The minimum Gasteiger partial charge on any atom is -0.469 e. The molecule has 1 aliphatic heterocycles. The van der Waals surface area contributed by atoms with Gasteiger partial charge in [-0.25, -0.2) is 13.2 Å². The van der Waals surface area contributed by atoms with Crippen LogP contribution in [0.4, 0.5) is 4.79 Å². The highest BCUT2D eigenvalue weighted by Crippen LogP contribution is 2.20. The van der Waals surface area contributed by atoms with Crippen molar-refractivity contribution in [1.82, 2.24) is 14.5 Å². The molecule has 2 amide bonds. The van der Waals surface area contributed by atoms with Crippen LogP contribution in [0.5, 0.6) is 0 Å². The van der Waals surface area contributed by atoms with Crippen LogP contribution < -0.4 is 5.32 Å². The molecular weight excluding hydrogens is 402 g/mol. The molecule has 3 rings (SSSR count). The van der Waals surface area contributed by atoms with Gasteiger partial charge < -0.3 is 14.6 Å². The first-order valence-electron chi connectivity index (χ1n) is 9.20. The highest BCUT2D eigenvalue weighted by Gasteiger charge is 2.30. The molecule has 1 N–H and O–H groups in total. The lowest BCUT2D eigenvalue weighted by Gasteiger charge is -2.34. The second kappa shape index (κ2) is 8.98. The summed E-state index contributed by atoms with van der Waals surface area (Å²) in [6.45, 7) is 3.17. The Hall–Kier alpha value is -2.03. The average molecular weight is 426 g/mol. The number of benzene rings is 1. The Bertz CT molecular complexity index is 876. The highest BCUT2D eigenvalue weighted by atomic mass is 35.5. The molecule has 1 aromatic heterocycles. The molecule has 0 spiro atoms. The number of aryl methyl sites for hydroxylation is 1. The monoisotopic (exact) mass is 425 g/mol. The van der Waals surface area contributed by atoms with E-state index in [-0.39, 0.29) is 30.1 Å². The molecule has 9 heteroatoms. The fraction of sp³-hybridized carbons (Fsp3) is 0.421. The molecule has 2 heterocycles. The summed E-state index contributed by atoms with van der Waals surface area (Å²) in [7, 11) is -3.58. The van der Waals surface area contributed by atoms with Crippen molar-refractivity contribution in [3.05, 3.63) is 53.4 Å². The van der Waals surface area contributed by atoms with Gasteiger partial charge in [0, 0.05) is 43.7 Å². The number of amides is 2. The van der Waals surface area contributed by atoms with E-state index in [1.165, 1.54) is 16.4 Å². The molecule has 1 aliphatic rings. The molecule has 152 valence electrons. The lowest BCUT2D eigenvalue weighted by molar-refractivity contribution is 0.169. The van der Waals surface area contributed by atoms with Gasteiger partial charge in [-0.15, -0.1) is 0 Å².